The highest BCUT2D eigenvalue weighted by atomic mass is 16.2. The van der Waals surface area contributed by atoms with Crippen LogP contribution in [0, 0.1) is 13.8 Å². The van der Waals surface area contributed by atoms with E-state index in [1.165, 1.54) is 11.1 Å². The average Bonchev–Trinajstić information content (AvgIpc) is 2.50. The second-order valence-corrected chi connectivity index (χ2v) is 6.14. The molecule has 1 aromatic carbocycles. The molecule has 0 radical (unpaired) electrons. The molecule has 1 fully saturated rings. The van der Waals surface area contributed by atoms with Gasteiger partial charge in [0.2, 0.25) is 11.8 Å². The lowest BCUT2D eigenvalue weighted by atomic mass is 9.99. The Morgan fingerprint density at radius 1 is 1.27 bits per heavy atom. The summed E-state index contributed by atoms with van der Waals surface area (Å²) in [5, 5.41) is 3.06. The van der Waals surface area contributed by atoms with Gasteiger partial charge in [0.15, 0.2) is 0 Å². The largest absolute Gasteiger partial charge is 0.348 e. The lowest BCUT2D eigenvalue weighted by Crippen LogP contribution is -2.43. The van der Waals surface area contributed by atoms with E-state index in [1.807, 2.05) is 0 Å². The van der Waals surface area contributed by atoms with Crippen molar-refractivity contribution >= 4 is 11.8 Å². The van der Waals surface area contributed by atoms with Crippen LogP contribution in [-0.4, -0.2) is 29.8 Å². The summed E-state index contributed by atoms with van der Waals surface area (Å²) < 4.78 is 0. The third-order valence-corrected chi connectivity index (χ3v) is 4.43. The number of aryl methyl sites for hydroxylation is 2. The fourth-order valence-corrected chi connectivity index (χ4v) is 2.84. The van der Waals surface area contributed by atoms with Crippen molar-refractivity contribution in [1.82, 2.24) is 10.2 Å². The zero-order chi connectivity index (χ0) is 16.1. The van der Waals surface area contributed by atoms with E-state index in [1.54, 1.807) is 4.90 Å². The highest BCUT2D eigenvalue weighted by Crippen LogP contribution is 2.20. The molecule has 0 bridgehead atoms. The highest BCUT2D eigenvalue weighted by Gasteiger charge is 2.21. The van der Waals surface area contributed by atoms with Gasteiger partial charge in [-0.15, -0.1) is 0 Å². The van der Waals surface area contributed by atoms with Gasteiger partial charge in [-0.05, 0) is 49.8 Å². The van der Waals surface area contributed by atoms with Crippen LogP contribution in [-0.2, 0) is 9.59 Å². The van der Waals surface area contributed by atoms with Gasteiger partial charge in [0.25, 0.3) is 0 Å². The first-order chi connectivity index (χ1) is 10.5. The topological polar surface area (TPSA) is 49.4 Å². The Morgan fingerprint density at radius 3 is 2.68 bits per heavy atom. The molecule has 1 aliphatic rings. The number of piperidine rings is 1. The minimum Gasteiger partial charge on any atom is -0.348 e. The number of rotatable bonds is 5. The third kappa shape index (κ3) is 4.09. The van der Waals surface area contributed by atoms with Crippen molar-refractivity contribution in [2.24, 2.45) is 0 Å². The van der Waals surface area contributed by atoms with E-state index in [0.29, 0.717) is 13.0 Å². The zero-order valence-electron chi connectivity index (χ0n) is 13.8. The summed E-state index contributed by atoms with van der Waals surface area (Å²) in [6, 6.07) is 6.30. The first-order valence-electron chi connectivity index (χ1n) is 8.15. The minimum atomic E-state index is -0.0691. The number of benzene rings is 1. The molecule has 120 valence electrons. The number of amides is 2. The summed E-state index contributed by atoms with van der Waals surface area (Å²) in [7, 11) is 0. The van der Waals surface area contributed by atoms with Gasteiger partial charge in [0, 0.05) is 13.0 Å². The minimum absolute atomic E-state index is 0.00620. The van der Waals surface area contributed by atoms with Gasteiger partial charge in [0.05, 0.1) is 12.6 Å². The maximum absolute atomic E-state index is 12.2. The van der Waals surface area contributed by atoms with Crippen molar-refractivity contribution in [2.45, 2.75) is 52.5 Å². The lowest BCUT2D eigenvalue weighted by molar-refractivity contribution is -0.138. The van der Waals surface area contributed by atoms with Crippen LogP contribution in [0.15, 0.2) is 18.2 Å². The van der Waals surface area contributed by atoms with Crippen molar-refractivity contribution in [1.29, 1.82) is 0 Å². The van der Waals surface area contributed by atoms with Crippen LogP contribution in [0.25, 0.3) is 0 Å². The zero-order valence-corrected chi connectivity index (χ0v) is 13.8. The van der Waals surface area contributed by atoms with Gasteiger partial charge in [-0.2, -0.15) is 0 Å². The molecule has 2 amide bonds. The maximum Gasteiger partial charge on any atom is 0.240 e. The number of nitrogens with one attached hydrogen (secondary N) is 1. The summed E-state index contributed by atoms with van der Waals surface area (Å²) in [5.74, 6) is 0.0287. The van der Waals surface area contributed by atoms with Crippen molar-refractivity contribution in [3.63, 3.8) is 0 Å². The number of hydrogen-bond acceptors (Lipinski definition) is 2. The van der Waals surface area contributed by atoms with Crippen LogP contribution in [0.5, 0.6) is 0 Å². The van der Waals surface area contributed by atoms with Crippen LogP contribution in [0.4, 0.5) is 0 Å². The second kappa shape index (κ2) is 7.43. The Kier molecular flexibility index (Phi) is 5.58. The normalized spacial score (nSPS) is 16.5. The van der Waals surface area contributed by atoms with E-state index < -0.39 is 0 Å². The van der Waals surface area contributed by atoms with E-state index in [2.05, 4.69) is 44.3 Å². The monoisotopic (exact) mass is 302 g/mol. The molecule has 0 unspecified atom stereocenters. The SMILES string of the molecule is CC[C@H](NC(=O)CN1CCCCC1=O)c1ccc(C)c(C)c1. The van der Waals surface area contributed by atoms with Crippen molar-refractivity contribution in [3.8, 4) is 0 Å². The van der Waals surface area contributed by atoms with Gasteiger partial charge in [-0.25, -0.2) is 0 Å². The summed E-state index contributed by atoms with van der Waals surface area (Å²) in [6.45, 7) is 7.11. The molecule has 1 saturated heterocycles. The number of carbonyl (C=O) groups is 2. The summed E-state index contributed by atoms with van der Waals surface area (Å²) in [5.41, 5.74) is 3.61. The highest BCUT2D eigenvalue weighted by molar-refractivity contribution is 5.85. The van der Waals surface area contributed by atoms with Gasteiger partial charge in [-0.1, -0.05) is 25.1 Å². The standard InChI is InChI=1S/C18H26N2O2/c1-4-16(15-9-8-13(2)14(3)11-15)19-17(21)12-20-10-6-5-7-18(20)22/h8-9,11,16H,4-7,10,12H2,1-3H3,(H,19,21)/t16-/m0/s1. The van der Waals surface area contributed by atoms with E-state index in [0.717, 1.165) is 24.8 Å². The average molecular weight is 302 g/mol. The number of carbonyl (C=O) groups excluding carboxylic acids is 2. The molecule has 0 spiro atoms. The van der Waals surface area contributed by atoms with Crippen LogP contribution in [0.2, 0.25) is 0 Å². The van der Waals surface area contributed by atoms with E-state index >= 15 is 0 Å². The van der Waals surface area contributed by atoms with Crippen molar-refractivity contribution in [2.75, 3.05) is 13.1 Å². The Labute approximate surface area is 132 Å². The van der Waals surface area contributed by atoms with Gasteiger partial charge in [0.1, 0.15) is 0 Å². The number of likely N-dealkylation sites (tertiary alicyclic amines) is 1. The molecule has 22 heavy (non-hydrogen) atoms. The van der Waals surface area contributed by atoms with Crippen LogP contribution >= 0.6 is 0 Å². The number of nitrogens with zero attached hydrogens (tertiary/aromatic N) is 1. The van der Waals surface area contributed by atoms with E-state index in [9.17, 15) is 9.59 Å². The van der Waals surface area contributed by atoms with E-state index in [4.69, 9.17) is 0 Å². The van der Waals surface area contributed by atoms with Crippen molar-refractivity contribution < 1.29 is 9.59 Å². The smallest absolute Gasteiger partial charge is 0.240 e. The Morgan fingerprint density at radius 2 is 2.05 bits per heavy atom. The molecular formula is C18H26N2O2. The summed E-state index contributed by atoms with van der Waals surface area (Å²) >= 11 is 0. The summed E-state index contributed by atoms with van der Waals surface area (Å²) in [6.07, 6.45) is 3.34. The second-order valence-electron chi connectivity index (χ2n) is 6.14. The Balaban J connectivity index is 1.98. The molecule has 0 aromatic heterocycles. The van der Waals surface area contributed by atoms with E-state index in [-0.39, 0.29) is 24.4 Å². The first-order valence-corrected chi connectivity index (χ1v) is 8.15. The van der Waals surface area contributed by atoms with Gasteiger partial charge in [-0.3, -0.25) is 9.59 Å². The van der Waals surface area contributed by atoms with Crippen LogP contribution in [0.1, 0.15) is 55.3 Å². The maximum atomic E-state index is 12.2. The van der Waals surface area contributed by atoms with Crippen LogP contribution in [0.3, 0.4) is 0 Å². The van der Waals surface area contributed by atoms with Crippen LogP contribution < -0.4 is 5.32 Å². The molecular weight excluding hydrogens is 276 g/mol. The molecule has 1 aromatic rings. The number of hydrogen-bond donors (Lipinski definition) is 1. The van der Waals surface area contributed by atoms with Gasteiger partial charge >= 0.3 is 0 Å². The predicted octanol–water partition coefficient (Wildman–Crippen LogP) is 2.88. The molecule has 2 rings (SSSR count). The Hall–Kier alpha value is -1.84. The first kappa shape index (κ1) is 16.5. The quantitative estimate of drug-likeness (QED) is 0.909. The molecule has 1 heterocycles. The van der Waals surface area contributed by atoms with Gasteiger partial charge < -0.3 is 10.2 Å². The third-order valence-electron chi connectivity index (χ3n) is 4.43. The molecule has 4 heteroatoms. The molecule has 1 aliphatic heterocycles. The molecule has 1 atom stereocenters. The summed E-state index contributed by atoms with van der Waals surface area (Å²) in [4.78, 5) is 25.7. The molecule has 4 nitrogen and oxygen atoms in total. The Bertz CT molecular complexity index is 554. The fourth-order valence-electron chi connectivity index (χ4n) is 2.84. The van der Waals surface area contributed by atoms with Crippen molar-refractivity contribution in [3.05, 3.63) is 34.9 Å². The molecule has 0 saturated carbocycles. The fraction of sp³-hybridized carbons (Fsp3) is 0.556. The molecule has 0 aliphatic carbocycles. The predicted molar refractivity (Wildman–Crippen MR) is 87.5 cm³/mol. The lowest BCUT2D eigenvalue weighted by Gasteiger charge is -2.27. The molecule has 1 N–H and O–H groups in total.